The normalized spacial score (nSPS) is 11.7. The van der Waals surface area contributed by atoms with Crippen LogP contribution < -0.4 is 9.47 Å². The Labute approximate surface area is 157 Å². The molecule has 1 heterocycles. The van der Waals surface area contributed by atoms with Crippen LogP contribution in [0.5, 0.6) is 11.5 Å². The fourth-order valence-electron chi connectivity index (χ4n) is 2.19. The van der Waals surface area contributed by atoms with Gasteiger partial charge in [-0.15, -0.1) is 0 Å². The molecule has 2 rings (SSSR count). The van der Waals surface area contributed by atoms with Crippen LogP contribution in [-0.2, 0) is 0 Å². The van der Waals surface area contributed by atoms with E-state index < -0.39 is 0 Å². The average Bonchev–Trinajstić information content (AvgIpc) is 2.89. The molecule has 0 spiro atoms. The molecule has 0 aliphatic heterocycles. The van der Waals surface area contributed by atoms with E-state index in [1.54, 1.807) is 17.0 Å². The maximum absolute atomic E-state index is 6.38. The molecule has 0 atom stereocenters. The Morgan fingerprint density at radius 2 is 2.08 bits per heavy atom. The van der Waals surface area contributed by atoms with E-state index in [0.717, 1.165) is 11.4 Å². The first-order valence-electron chi connectivity index (χ1n) is 8.18. The van der Waals surface area contributed by atoms with Crippen molar-refractivity contribution in [3.05, 3.63) is 33.3 Å². The molecule has 8 heteroatoms. The molecule has 0 amide bonds. The molecular weight excluding hydrogens is 360 g/mol. The van der Waals surface area contributed by atoms with Crippen molar-refractivity contribution in [2.24, 2.45) is 5.10 Å². The van der Waals surface area contributed by atoms with Crippen molar-refractivity contribution >= 4 is 30.0 Å². The summed E-state index contributed by atoms with van der Waals surface area (Å²) in [6.45, 7) is 10.4. The summed E-state index contributed by atoms with van der Waals surface area (Å²) in [4.78, 5) is 0. The van der Waals surface area contributed by atoms with E-state index in [1.807, 2.05) is 40.7 Å². The topological polar surface area (TPSA) is 64.4 Å². The molecule has 0 saturated carbocycles. The van der Waals surface area contributed by atoms with Crippen molar-refractivity contribution in [3.63, 3.8) is 0 Å². The predicted octanol–water partition coefficient (Wildman–Crippen LogP) is 4.79. The minimum atomic E-state index is -0.00548. The Hall–Kier alpha value is -1.86. The van der Waals surface area contributed by atoms with Gasteiger partial charge in [0.25, 0.3) is 0 Å². The van der Waals surface area contributed by atoms with Gasteiger partial charge < -0.3 is 9.47 Å². The smallest absolute Gasteiger partial charge is 0.216 e. The summed E-state index contributed by atoms with van der Waals surface area (Å²) in [6.07, 6.45) is 1.67. The third kappa shape index (κ3) is 4.83. The van der Waals surface area contributed by atoms with Gasteiger partial charge in [-0.1, -0.05) is 25.4 Å². The second-order valence-electron chi connectivity index (χ2n) is 6.03. The fraction of sp³-hybridized carbons (Fsp3) is 0.471. The SMILES string of the molecule is CCOc1cc(/C=N\n2c(C(C)C)n[nH]c2=S)cc(Cl)c1OC(C)C. The number of aromatic nitrogens is 3. The van der Waals surface area contributed by atoms with Crippen molar-refractivity contribution in [3.8, 4) is 11.5 Å². The minimum absolute atomic E-state index is 0.00548. The molecule has 0 unspecified atom stereocenters. The van der Waals surface area contributed by atoms with E-state index in [2.05, 4.69) is 15.3 Å². The highest BCUT2D eigenvalue weighted by molar-refractivity contribution is 7.71. The Morgan fingerprint density at radius 3 is 2.68 bits per heavy atom. The quantitative estimate of drug-likeness (QED) is 0.552. The van der Waals surface area contributed by atoms with Gasteiger partial charge in [0.2, 0.25) is 4.77 Å². The van der Waals surface area contributed by atoms with E-state index in [0.29, 0.717) is 27.9 Å². The van der Waals surface area contributed by atoms with Gasteiger partial charge in [0.1, 0.15) is 0 Å². The maximum Gasteiger partial charge on any atom is 0.216 e. The molecule has 0 aliphatic carbocycles. The number of hydrogen-bond donors (Lipinski definition) is 1. The Balaban J connectivity index is 2.40. The van der Waals surface area contributed by atoms with Crippen LogP contribution in [0.25, 0.3) is 0 Å². The molecule has 1 aromatic heterocycles. The van der Waals surface area contributed by atoms with Crippen molar-refractivity contribution < 1.29 is 9.47 Å². The van der Waals surface area contributed by atoms with Gasteiger partial charge in [0.15, 0.2) is 17.3 Å². The molecule has 0 bridgehead atoms. The highest BCUT2D eigenvalue weighted by Gasteiger charge is 2.14. The first-order valence-corrected chi connectivity index (χ1v) is 8.96. The Morgan fingerprint density at radius 1 is 1.36 bits per heavy atom. The van der Waals surface area contributed by atoms with E-state index in [9.17, 15) is 0 Å². The standard InChI is InChI=1S/C17H23ClN4O2S/c1-6-23-14-8-12(7-13(18)15(14)24-11(4)5)9-19-22-16(10(2)3)20-21-17(22)25/h7-11H,6H2,1-5H3,(H,21,25)/b19-9-. The molecule has 0 saturated heterocycles. The lowest BCUT2D eigenvalue weighted by Crippen LogP contribution is -2.08. The highest BCUT2D eigenvalue weighted by atomic mass is 35.5. The number of halogens is 1. The van der Waals surface area contributed by atoms with Crippen LogP contribution >= 0.6 is 23.8 Å². The van der Waals surface area contributed by atoms with Crippen molar-refractivity contribution in [1.29, 1.82) is 0 Å². The third-order valence-electron chi connectivity index (χ3n) is 3.20. The van der Waals surface area contributed by atoms with Gasteiger partial charge in [0, 0.05) is 5.92 Å². The third-order valence-corrected chi connectivity index (χ3v) is 3.74. The molecule has 1 N–H and O–H groups in total. The lowest BCUT2D eigenvalue weighted by molar-refractivity contribution is 0.224. The summed E-state index contributed by atoms with van der Waals surface area (Å²) >= 11 is 11.6. The summed E-state index contributed by atoms with van der Waals surface area (Å²) in [6, 6.07) is 3.62. The lowest BCUT2D eigenvalue weighted by atomic mass is 10.2. The van der Waals surface area contributed by atoms with Crippen LogP contribution in [0.1, 0.15) is 51.9 Å². The fourth-order valence-corrected chi connectivity index (χ4v) is 2.64. The molecule has 0 fully saturated rings. The largest absolute Gasteiger partial charge is 0.490 e. The van der Waals surface area contributed by atoms with Crippen LogP contribution in [0, 0.1) is 4.77 Å². The molecule has 25 heavy (non-hydrogen) atoms. The zero-order valence-corrected chi connectivity index (χ0v) is 16.6. The van der Waals surface area contributed by atoms with Crippen molar-refractivity contribution in [2.75, 3.05) is 6.61 Å². The summed E-state index contributed by atoms with van der Waals surface area (Å²) in [5, 5.41) is 11.9. The second-order valence-corrected chi connectivity index (χ2v) is 6.82. The van der Waals surface area contributed by atoms with Gasteiger partial charge in [-0.3, -0.25) is 5.10 Å². The molecular formula is C17H23ClN4O2S. The number of nitrogens with one attached hydrogen (secondary N) is 1. The number of H-pyrrole nitrogens is 1. The second kappa shape index (κ2) is 8.49. The van der Waals surface area contributed by atoms with Crippen LogP contribution in [0.2, 0.25) is 5.02 Å². The Kier molecular flexibility index (Phi) is 6.61. The van der Waals surface area contributed by atoms with Crippen LogP contribution in [0.3, 0.4) is 0 Å². The average molecular weight is 383 g/mol. The first-order chi connectivity index (χ1) is 11.8. The number of rotatable bonds is 7. The van der Waals surface area contributed by atoms with E-state index >= 15 is 0 Å². The van der Waals surface area contributed by atoms with Crippen molar-refractivity contribution in [2.45, 2.75) is 46.6 Å². The van der Waals surface area contributed by atoms with Crippen LogP contribution in [-0.4, -0.2) is 33.8 Å². The number of nitrogens with zero attached hydrogens (tertiary/aromatic N) is 3. The van der Waals surface area contributed by atoms with Crippen LogP contribution in [0.15, 0.2) is 17.2 Å². The molecule has 136 valence electrons. The number of benzene rings is 1. The van der Waals surface area contributed by atoms with Gasteiger partial charge in [-0.2, -0.15) is 14.9 Å². The maximum atomic E-state index is 6.38. The predicted molar refractivity (Wildman–Crippen MR) is 103 cm³/mol. The summed E-state index contributed by atoms with van der Waals surface area (Å²) < 4.78 is 13.5. The summed E-state index contributed by atoms with van der Waals surface area (Å²) in [7, 11) is 0. The number of aromatic amines is 1. The molecule has 0 radical (unpaired) electrons. The van der Waals surface area contributed by atoms with Crippen molar-refractivity contribution in [1.82, 2.24) is 14.9 Å². The van der Waals surface area contributed by atoms with E-state index in [1.165, 1.54) is 0 Å². The highest BCUT2D eigenvalue weighted by Crippen LogP contribution is 2.37. The van der Waals surface area contributed by atoms with Crippen LogP contribution in [0.4, 0.5) is 0 Å². The Bertz CT molecular complexity index is 811. The first kappa shape index (κ1) is 19.5. The minimum Gasteiger partial charge on any atom is -0.490 e. The molecule has 2 aromatic rings. The van der Waals surface area contributed by atoms with Gasteiger partial charge >= 0.3 is 0 Å². The molecule has 6 nitrogen and oxygen atoms in total. The lowest BCUT2D eigenvalue weighted by Gasteiger charge is -2.16. The molecule has 0 aliphatic rings. The number of ether oxygens (including phenoxy) is 2. The van der Waals surface area contributed by atoms with Gasteiger partial charge in [0.05, 0.1) is 23.9 Å². The van der Waals surface area contributed by atoms with Gasteiger partial charge in [-0.25, -0.2) is 0 Å². The number of hydrogen-bond acceptors (Lipinski definition) is 5. The monoisotopic (exact) mass is 382 g/mol. The van der Waals surface area contributed by atoms with E-state index in [-0.39, 0.29) is 12.0 Å². The summed E-state index contributed by atoms with van der Waals surface area (Å²) in [5.41, 5.74) is 0.780. The zero-order chi connectivity index (χ0) is 18.6. The zero-order valence-electron chi connectivity index (χ0n) is 15.0. The van der Waals surface area contributed by atoms with E-state index in [4.69, 9.17) is 33.3 Å². The molecule has 1 aromatic carbocycles. The summed E-state index contributed by atoms with van der Waals surface area (Å²) in [5.74, 6) is 2.08. The van der Waals surface area contributed by atoms with Gasteiger partial charge in [-0.05, 0) is 50.7 Å².